The van der Waals surface area contributed by atoms with Crippen molar-refractivity contribution < 1.29 is 33.3 Å². The van der Waals surface area contributed by atoms with Gasteiger partial charge in [0.25, 0.3) is 11.7 Å². The molecule has 1 saturated heterocycles. The summed E-state index contributed by atoms with van der Waals surface area (Å²) in [7, 11) is 1.56. The molecule has 0 bridgehead atoms. The summed E-state index contributed by atoms with van der Waals surface area (Å²) in [5, 5.41) is 11.0. The van der Waals surface area contributed by atoms with E-state index >= 15 is 0 Å². The summed E-state index contributed by atoms with van der Waals surface area (Å²) in [4.78, 5) is 27.5. The largest absolute Gasteiger partial charge is 0.507 e. The maximum atomic E-state index is 13.4. The Balaban J connectivity index is 2.13. The minimum atomic E-state index is -0.846. The van der Waals surface area contributed by atoms with Gasteiger partial charge in [-0.15, -0.1) is 0 Å². The zero-order valence-electron chi connectivity index (χ0n) is 19.7. The van der Waals surface area contributed by atoms with Crippen LogP contribution in [0.25, 0.3) is 5.76 Å². The van der Waals surface area contributed by atoms with E-state index in [1.165, 1.54) is 29.2 Å². The lowest BCUT2D eigenvalue weighted by Crippen LogP contribution is -2.31. The Kier molecular flexibility index (Phi) is 8.65. The topological polar surface area (TPSA) is 85.3 Å². The van der Waals surface area contributed by atoms with E-state index in [1.807, 2.05) is 13.8 Å². The molecular formula is C26H30FNO6. The minimum Gasteiger partial charge on any atom is -0.507 e. The second-order valence-corrected chi connectivity index (χ2v) is 7.83. The van der Waals surface area contributed by atoms with Crippen LogP contribution in [0.5, 0.6) is 11.5 Å². The SMILES string of the molecule is CCCOc1ccc(C2C(=C(O)c3ccc(F)cc3)C(=O)C(=O)N2CCCOC)cc1OCC. The van der Waals surface area contributed by atoms with Gasteiger partial charge in [-0.1, -0.05) is 13.0 Å². The van der Waals surface area contributed by atoms with E-state index in [-0.39, 0.29) is 23.4 Å². The van der Waals surface area contributed by atoms with Gasteiger partial charge in [0, 0.05) is 25.8 Å². The summed E-state index contributed by atoms with van der Waals surface area (Å²) in [5.41, 5.74) is 0.778. The van der Waals surface area contributed by atoms with E-state index in [0.717, 1.165) is 6.42 Å². The molecule has 1 N–H and O–H groups in total. The van der Waals surface area contributed by atoms with Gasteiger partial charge in [-0.3, -0.25) is 9.59 Å². The number of amides is 1. The number of rotatable bonds is 11. The van der Waals surface area contributed by atoms with Gasteiger partial charge in [-0.2, -0.15) is 0 Å². The molecule has 0 saturated carbocycles. The highest BCUT2D eigenvalue weighted by atomic mass is 19.1. The molecule has 34 heavy (non-hydrogen) atoms. The molecule has 7 nitrogen and oxygen atoms in total. The number of aliphatic hydroxyl groups is 1. The number of ether oxygens (including phenoxy) is 3. The predicted molar refractivity (Wildman–Crippen MR) is 125 cm³/mol. The van der Waals surface area contributed by atoms with Gasteiger partial charge in [0.05, 0.1) is 24.8 Å². The number of hydrogen-bond donors (Lipinski definition) is 1. The Labute approximate surface area is 198 Å². The average molecular weight is 472 g/mol. The minimum absolute atomic E-state index is 0.0568. The Hall–Kier alpha value is -3.39. The van der Waals surface area contributed by atoms with E-state index in [2.05, 4.69) is 0 Å². The second-order valence-electron chi connectivity index (χ2n) is 7.83. The van der Waals surface area contributed by atoms with Crippen molar-refractivity contribution in [2.24, 2.45) is 0 Å². The number of methoxy groups -OCH3 is 1. The first-order chi connectivity index (χ1) is 16.4. The van der Waals surface area contributed by atoms with Gasteiger partial charge in [-0.05, 0) is 61.7 Å². The lowest BCUT2D eigenvalue weighted by molar-refractivity contribution is -0.140. The Morgan fingerprint density at radius 3 is 2.41 bits per heavy atom. The van der Waals surface area contributed by atoms with Crippen LogP contribution in [0.3, 0.4) is 0 Å². The lowest BCUT2D eigenvalue weighted by Gasteiger charge is -2.26. The van der Waals surface area contributed by atoms with Crippen molar-refractivity contribution in [2.75, 3.05) is 33.5 Å². The molecule has 1 fully saturated rings. The summed E-state index contributed by atoms with van der Waals surface area (Å²) in [6, 6.07) is 9.49. The molecular weight excluding hydrogens is 441 g/mol. The monoisotopic (exact) mass is 471 g/mol. The molecule has 2 aromatic rings. The number of carbonyl (C=O) groups excluding carboxylic acids is 2. The first-order valence-electron chi connectivity index (χ1n) is 11.4. The zero-order chi connectivity index (χ0) is 24.7. The number of benzene rings is 2. The maximum Gasteiger partial charge on any atom is 0.295 e. The standard InChI is InChI=1S/C26H30FNO6/c1-4-14-34-20-12-9-18(16-21(20)33-5-2)23-22(24(29)17-7-10-19(27)11-8-17)25(30)26(31)28(23)13-6-15-32-3/h7-12,16,23,29H,4-6,13-15H2,1-3H3. The van der Waals surface area contributed by atoms with Crippen LogP contribution in [0.15, 0.2) is 48.0 Å². The van der Waals surface area contributed by atoms with E-state index in [9.17, 15) is 19.1 Å². The van der Waals surface area contributed by atoms with Gasteiger partial charge < -0.3 is 24.2 Å². The fourth-order valence-corrected chi connectivity index (χ4v) is 3.89. The smallest absolute Gasteiger partial charge is 0.295 e. The van der Waals surface area contributed by atoms with Crippen LogP contribution in [0.2, 0.25) is 0 Å². The number of nitrogens with zero attached hydrogens (tertiary/aromatic N) is 1. The van der Waals surface area contributed by atoms with Gasteiger partial charge >= 0.3 is 0 Å². The number of halogens is 1. The van der Waals surface area contributed by atoms with Crippen LogP contribution in [0.4, 0.5) is 4.39 Å². The van der Waals surface area contributed by atoms with Gasteiger partial charge in [0.15, 0.2) is 11.5 Å². The maximum absolute atomic E-state index is 13.4. The van der Waals surface area contributed by atoms with Gasteiger partial charge in [-0.25, -0.2) is 4.39 Å². The van der Waals surface area contributed by atoms with Crippen molar-refractivity contribution in [1.29, 1.82) is 0 Å². The predicted octanol–water partition coefficient (Wildman–Crippen LogP) is 4.47. The van der Waals surface area contributed by atoms with Crippen LogP contribution < -0.4 is 9.47 Å². The van der Waals surface area contributed by atoms with Gasteiger partial charge in [0.1, 0.15) is 11.6 Å². The molecule has 0 aromatic heterocycles. The Bertz CT molecular complexity index is 1050. The molecule has 0 spiro atoms. The molecule has 1 heterocycles. The summed E-state index contributed by atoms with van der Waals surface area (Å²) >= 11 is 0. The van der Waals surface area contributed by atoms with Crippen LogP contribution in [-0.4, -0.2) is 55.2 Å². The summed E-state index contributed by atoms with van der Waals surface area (Å²) in [6.07, 6.45) is 1.33. The summed E-state index contributed by atoms with van der Waals surface area (Å²) in [6.45, 7) is 5.41. The third kappa shape index (κ3) is 5.39. The van der Waals surface area contributed by atoms with Crippen LogP contribution in [-0.2, 0) is 14.3 Å². The van der Waals surface area contributed by atoms with E-state index in [4.69, 9.17) is 14.2 Å². The highest BCUT2D eigenvalue weighted by Gasteiger charge is 2.46. The van der Waals surface area contributed by atoms with E-state index < -0.39 is 23.5 Å². The molecule has 0 radical (unpaired) electrons. The first-order valence-corrected chi connectivity index (χ1v) is 11.4. The normalized spacial score (nSPS) is 17.3. The fraction of sp³-hybridized carbons (Fsp3) is 0.385. The molecule has 0 aliphatic carbocycles. The average Bonchev–Trinajstić information content (AvgIpc) is 3.08. The Morgan fingerprint density at radius 2 is 1.76 bits per heavy atom. The highest BCUT2D eigenvalue weighted by Crippen LogP contribution is 2.42. The highest BCUT2D eigenvalue weighted by molar-refractivity contribution is 6.46. The molecule has 8 heteroatoms. The van der Waals surface area contributed by atoms with Crippen LogP contribution >= 0.6 is 0 Å². The molecule has 2 aromatic carbocycles. The number of ketones is 1. The van der Waals surface area contributed by atoms with Crippen molar-refractivity contribution in [3.8, 4) is 11.5 Å². The summed E-state index contributed by atoms with van der Waals surface area (Å²) < 4.78 is 30.1. The van der Waals surface area contributed by atoms with Gasteiger partial charge in [0.2, 0.25) is 0 Å². The zero-order valence-corrected chi connectivity index (χ0v) is 19.7. The van der Waals surface area contributed by atoms with Crippen LogP contribution in [0, 0.1) is 5.82 Å². The number of Topliss-reactive ketones (excluding diaryl/α,β-unsaturated/α-hetero) is 1. The fourth-order valence-electron chi connectivity index (χ4n) is 3.89. The van der Waals surface area contributed by atoms with Crippen LogP contribution in [0.1, 0.15) is 43.9 Å². The van der Waals surface area contributed by atoms with Crippen molar-refractivity contribution >= 4 is 17.4 Å². The molecule has 182 valence electrons. The van der Waals surface area contributed by atoms with E-state index in [1.54, 1.807) is 25.3 Å². The second kappa shape index (κ2) is 11.7. The number of aliphatic hydroxyl groups excluding tert-OH is 1. The molecule has 1 amide bonds. The molecule has 1 aliphatic rings. The number of likely N-dealkylation sites (tertiary alicyclic amines) is 1. The van der Waals surface area contributed by atoms with Crippen molar-refractivity contribution in [3.63, 3.8) is 0 Å². The van der Waals surface area contributed by atoms with Crippen molar-refractivity contribution in [1.82, 2.24) is 4.90 Å². The lowest BCUT2D eigenvalue weighted by atomic mass is 9.95. The molecule has 3 rings (SSSR count). The molecule has 1 aliphatic heterocycles. The molecule has 1 atom stereocenters. The Morgan fingerprint density at radius 1 is 1.03 bits per heavy atom. The molecule has 1 unspecified atom stereocenters. The van der Waals surface area contributed by atoms with Crippen molar-refractivity contribution in [2.45, 2.75) is 32.7 Å². The third-order valence-electron chi connectivity index (χ3n) is 5.45. The van der Waals surface area contributed by atoms with E-state index in [0.29, 0.717) is 43.3 Å². The van der Waals surface area contributed by atoms with Crippen molar-refractivity contribution in [3.05, 3.63) is 65.0 Å². The number of carbonyl (C=O) groups is 2. The number of hydrogen-bond acceptors (Lipinski definition) is 6. The third-order valence-corrected chi connectivity index (χ3v) is 5.45. The quantitative estimate of drug-likeness (QED) is 0.225. The first kappa shape index (κ1) is 25.2. The summed E-state index contributed by atoms with van der Waals surface area (Å²) in [5.74, 6) is -1.30.